The number of aromatic nitrogens is 1. The molecule has 0 spiro atoms. The summed E-state index contributed by atoms with van der Waals surface area (Å²) in [7, 11) is 0. The van der Waals surface area contributed by atoms with Gasteiger partial charge < -0.3 is 10.5 Å². The van der Waals surface area contributed by atoms with Gasteiger partial charge in [-0.2, -0.15) is 0 Å². The molecule has 5 nitrogen and oxygen atoms in total. The Morgan fingerprint density at radius 2 is 2.21 bits per heavy atom. The molecule has 0 aromatic carbocycles. The molecular weight excluding hydrogens is 252 g/mol. The summed E-state index contributed by atoms with van der Waals surface area (Å²) in [5.41, 5.74) is 5.07. The van der Waals surface area contributed by atoms with Crippen molar-refractivity contribution in [1.82, 2.24) is 4.98 Å². The van der Waals surface area contributed by atoms with E-state index >= 15 is 0 Å². The topological polar surface area (TPSA) is 82.3 Å². The number of rotatable bonds is 3. The molecule has 1 heterocycles. The van der Waals surface area contributed by atoms with Crippen molar-refractivity contribution in [2.24, 2.45) is 5.73 Å². The van der Waals surface area contributed by atoms with Gasteiger partial charge in [-0.3, -0.25) is 9.78 Å². The number of hydrogen-bond donors (Lipinski definition) is 1. The van der Waals surface area contributed by atoms with Crippen molar-refractivity contribution < 1.29 is 14.3 Å². The van der Waals surface area contributed by atoms with Crippen LogP contribution in [0.15, 0.2) is 22.9 Å². The molecule has 0 bridgehead atoms. The van der Waals surface area contributed by atoms with E-state index in [4.69, 9.17) is 5.73 Å². The predicted octanol–water partition coefficient (Wildman–Crippen LogP) is 0.486. The molecule has 1 aromatic rings. The molecule has 0 saturated carbocycles. The van der Waals surface area contributed by atoms with Gasteiger partial charge in [0.2, 0.25) is 0 Å². The molecule has 0 unspecified atom stereocenters. The summed E-state index contributed by atoms with van der Waals surface area (Å²) in [4.78, 5) is 25.3. The predicted molar refractivity (Wildman–Crippen MR) is 51.4 cm³/mol. The first-order valence-corrected chi connectivity index (χ1v) is 4.45. The molecule has 0 fully saturated rings. The second-order valence-corrected chi connectivity index (χ2v) is 3.35. The van der Waals surface area contributed by atoms with Crippen molar-refractivity contribution in [3.05, 3.63) is 28.5 Å². The standard InChI is InChI=1S/C8H7BrN2O3/c9-6-1-5(2-11-3-6)8(13)14-4-7(10)12/h1-3H,4H2,(H2,10,12). The monoisotopic (exact) mass is 258 g/mol. The van der Waals surface area contributed by atoms with E-state index in [9.17, 15) is 9.59 Å². The molecule has 0 radical (unpaired) electrons. The van der Waals surface area contributed by atoms with Crippen LogP contribution < -0.4 is 5.73 Å². The quantitative estimate of drug-likeness (QED) is 0.800. The highest BCUT2D eigenvalue weighted by Crippen LogP contribution is 2.10. The second-order valence-electron chi connectivity index (χ2n) is 2.43. The van der Waals surface area contributed by atoms with Crippen LogP contribution in [0.2, 0.25) is 0 Å². The summed E-state index contributed by atoms with van der Waals surface area (Å²) in [6, 6.07) is 1.54. The van der Waals surface area contributed by atoms with Crippen LogP contribution in [-0.2, 0) is 9.53 Å². The number of carbonyl (C=O) groups excluding carboxylic acids is 2. The molecule has 0 aliphatic heterocycles. The first kappa shape index (κ1) is 10.6. The van der Waals surface area contributed by atoms with Crippen molar-refractivity contribution in [2.75, 3.05) is 6.61 Å². The zero-order valence-electron chi connectivity index (χ0n) is 7.07. The fraction of sp³-hybridized carbons (Fsp3) is 0.125. The number of esters is 1. The summed E-state index contributed by atoms with van der Waals surface area (Å²) in [5, 5.41) is 0. The highest BCUT2D eigenvalue weighted by atomic mass is 79.9. The number of amides is 1. The summed E-state index contributed by atoms with van der Waals surface area (Å²) >= 11 is 3.15. The summed E-state index contributed by atoms with van der Waals surface area (Å²) in [6.07, 6.45) is 2.87. The molecule has 0 atom stereocenters. The van der Waals surface area contributed by atoms with E-state index in [-0.39, 0.29) is 5.56 Å². The molecular formula is C8H7BrN2O3. The Bertz CT molecular complexity index is 367. The van der Waals surface area contributed by atoms with Crippen LogP contribution in [0.1, 0.15) is 10.4 Å². The Labute approximate surface area is 88.4 Å². The van der Waals surface area contributed by atoms with Crippen LogP contribution in [0, 0.1) is 0 Å². The first-order chi connectivity index (χ1) is 6.59. The number of carbonyl (C=O) groups is 2. The highest BCUT2D eigenvalue weighted by molar-refractivity contribution is 9.10. The van der Waals surface area contributed by atoms with E-state index in [0.29, 0.717) is 4.47 Å². The molecule has 0 aliphatic carbocycles. The van der Waals surface area contributed by atoms with Crippen LogP contribution >= 0.6 is 15.9 Å². The van der Waals surface area contributed by atoms with Crippen LogP contribution in [0.3, 0.4) is 0 Å². The number of halogens is 1. The van der Waals surface area contributed by atoms with E-state index in [1.165, 1.54) is 18.5 Å². The number of ether oxygens (including phenoxy) is 1. The molecule has 74 valence electrons. The smallest absolute Gasteiger partial charge is 0.340 e. The average molecular weight is 259 g/mol. The average Bonchev–Trinajstić information content (AvgIpc) is 2.14. The molecule has 0 saturated heterocycles. The normalized spacial score (nSPS) is 9.50. The van der Waals surface area contributed by atoms with Crippen molar-refractivity contribution in [1.29, 1.82) is 0 Å². The third-order valence-electron chi connectivity index (χ3n) is 1.29. The van der Waals surface area contributed by atoms with E-state index < -0.39 is 18.5 Å². The maximum Gasteiger partial charge on any atom is 0.340 e. The van der Waals surface area contributed by atoms with Crippen LogP contribution in [-0.4, -0.2) is 23.5 Å². The maximum atomic E-state index is 11.2. The van der Waals surface area contributed by atoms with Gasteiger partial charge in [0.05, 0.1) is 5.56 Å². The molecule has 14 heavy (non-hydrogen) atoms. The van der Waals surface area contributed by atoms with Gasteiger partial charge in [-0.05, 0) is 22.0 Å². The Hall–Kier alpha value is -1.43. The van der Waals surface area contributed by atoms with E-state index in [1.54, 1.807) is 0 Å². The van der Waals surface area contributed by atoms with E-state index in [1.807, 2.05) is 0 Å². The Morgan fingerprint density at radius 3 is 2.79 bits per heavy atom. The van der Waals surface area contributed by atoms with Gasteiger partial charge in [-0.25, -0.2) is 4.79 Å². The third-order valence-corrected chi connectivity index (χ3v) is 1.72. The maximum absolute atomic E-state index is 11.2. The van der Waals surface area contributed by atoms with E-state index in [2.05, 4.69) is 25.7 Å². The van der Waals surface area contributed by atoms with Crippen molar-refractivity contribution in [3.63, 3.8) is 0 Å². The van der Waals surface area contributed by atoms with Crippen molar-refractivity contribution >= 4 is 27.8 Å². The van der Waals surface area contributed by atoms with Gasteiger partial charge in [0.15, 0.2) is 6.61 Å². The number of hydrogen-bond acceptors (Lipinski definition) is 4. The van der Waals surface area contributed by atoms with Gasteiger partial charge in [0, 0.05) is 16.9 Å². The number of pyridine rings is 1. The molecule has 6 heteroatoms. The minimum absolute atomic E-state index is 0.264. The highest BCUT2D eigenvalue weighted by Gasteiger charge is 2.08. The Kier molecular flexibility index (Phi) is 3.58. The molecule has 1 amide bonds. The summed E-state index contributed by atoms with van der Waals surface area (Å²) in [6.45, 7) is -0.425. The van der Waals surface area contributed by atoms with Gasteiger partial charge in [-0.15, -0.1) is 0 Å². The molecule has 1 rings (SSSR count). The van der Waals surface area contributed by atoms with E-state index in [0.717, 1.165) is 0 Å². The fourth-order valence-corrected chi connectivity index (χ4v) is 1.11. The Balaban J connectivity index is 2.65. The van der Waals surface area contributed by atoms with Crippen molar-refractivity contribution in [2.45, 2.75) is 0 Å². The number of nitrogens with zero attached hydrogens (tertiary/aromatic N) is 1. The van der Waals surface area contributed by atoms with Crippen LogP contribution in [0.25, 0.3) is 0 Å². The summed E-state index contributed by atoms with van der Waals surface area (Å²) in [5.74, 6) is -1.32. The van der Waals surface area contributed by atoms with Gasteiger partial charge >= 0.3 is 5.97 Å². The lowest BCUT2D eigenvalue weighted by atomic mass is 10.3. The van der Waals surface area contributed by atoms with Crippen LogP contribution in [0.4, 0.5) is 0 Å². The largest absolute Gasteiger partial charge is 0.452 e. The number of primary amides is 1. The minimum Gasteiger partial charge on any atom is -0.452 e. The summed E-state index contributed by atoms with van der Waals surface area (Å²) < 4.78 is 5.23. The molecule has 0 aliphatic rings. The lowest BCUT2D eigenvalue weighted by Crippen LogP contribution is -2.20. The minimum atomic E-state index is -0.693. The lowest BCUT2D eigenvalue weighted by Gasteiger charge is -2.01. The third kappa shape index (κ3) is 3.14. The fourth-order valence-electron chi connectivity index (χ4n) is 0.744. The van der Waals surface area contributed by atoms with Crippen LogP contribution in [0.5, 0.6) is 0 Å². The SMILES string of the molecule is NC(=O)COC(=O)c1cncc(Br)c1. The molecule has 1 aromatic heterocycles. The first-order valence-electron chi connectivity index (χ1n) is 3.65. The second kappa shape index (κ2) is 4.71. The van der Waals surface area contributed by atoms with Gasteiger partial charge in [0.1, 0.15) is 0 Å². The Morgan fingerprint density at radius 1 is 1.50 bits per heavy atom. The number of nitrogens with two attached hydrogens (primary N) is 1. The zero-order chi connectivity index (χ0) is 10.6. The molecule has 2 N–H and O–H groups in total. The lowest BCUT2D eigenvalue weighted by molar-refractivity contribution is -0.121. The van der Waals surface area contributed by atoms with Gasteiger partial charge in [0.25, 0.3) is 5.91 Å². The zero-order valence-corrected chi connectivity index (χ0v) is 8.65. The van der Waals surface area contributed by atoms with Crippen molar-refractivity contribution in [3.8, 4) is 0 Å². The van der Waals surface area contributed by atoms with Gasteiger partial charge in [-0.1, -0.05) is 0 Å².